The Morgan fingerprint density at radius 2 is 2.20 bits per heavy atom. The molecule has 7 heteroatoms. The maximum Gasteiger partial charge on any atom is 0.229 e. The van der Waals surface area contributed by atoms with Crippen LogP contribution in [0.1, 0.15) is 36.3 Å². The van der Waals surface area contributed by atoms with Crippen LogP contribution in [0.3, 0.4) is 0 Å². The lowest BCUT2D eigenvalue weighted by atomic mass is 10.1. The van der Waals surface area contributed by atoms with Crippen molar-refractivity contribution in [2.75, 3.05) is 29.0 Å². The van der Waals surface area contributed by atoms with E-state index >= 15 is 0 Å². The summed E-state index contributed by atoms with van der Waals surface area (Å²) >= 11 is 0. The van der Waals surface area contributed by atoms with Crippen LogP contribution in [0.15, 0.2) is 24.4 Å². The van der Waals surface area contributed by atoms with Crippen LogP contribution < -0.4 is 21.7 Å². The average Bonchev–Trinajstić information content (AvgIpc) is 3.36. The van der Waals surface area contributed by atoms with E-state index in [2.05, 4.69) is 25.9 Å². The highest BCUT2D eigenvalue weighted by Gasteiger charge is 2.27. The average molecular weight is 338 g/mol. The van der Waals surface area contributed by atoms with Gasteiger partial charge in [-0.2, -0.15) is 4.98 Å². The molecule has 1 amide bonds. The molecular weight excluding hydrogens is 316 g/mol. The smallest absolute Gasteiger partial charge is 0.229 e. The van der Waals surface area contributed by atoms with E-state index in [0.29, 0.717) is 24.8 Å². The fraction of sp³-hybridized carbons (Fsp3) is 0.389. The molecule has 1 saturated carbocycles. The first-order valence-electron chi connectivity index (χ1n) is 8.73. The summed E-state index contributed by atoms with van der Waals surface area (Å²) in [4.78, 5) is 20.6. The third-order valence-electron chi connectivity index (χ3n) is 4.49. The van der Waals surface area contributed by atoms with Crippen molar-refractivity contribution in [2.45, 2.75) is 31.6 Å². The third kappa shape index (κ3) is 3.56. The Morgan fingerprint density at radius 3 is 3.00 bits per heavy atom. The Labute approximate surface area is 146 Å². The van der Waals surface area contributed by atoms with Crippen molar-refractivity contribution in [3.63, 3.8) is 0 Å². The highest BCUT2D eigenvalue weighted by molar-refractivity contribution is 5.99. The predicted octanol–water partition coefficient (Wildman–Crippen LogP) is 2.35. The summed E-state index contributed by atoms with van der Waals surface area (Å²) in [6.45, 7) is 1.46. The monoisotopic (exact) mass is 338 g/mol. The highest BCUT2D eigenvalue weighted by Crippen LogP contribution is 2.42. The molecule has 130 valence electrons. The normalized spacial score (nSPS) is 15.6. The second kappa shape index (κ2) is 6.68. The number of hydrogen-bond donors (Lipinski definition) is 4. The van der Waals surface area contributed by atoms with E-state index in [-0.39, 0.29) is 5.91 Å². The van der Waals surface area contributed by atoms with Gasteiger partial charge in [-0.1, -0.05) is 0 Å². The van der Waals surface area contributed by atoms with Crippen LogP contribution >= 0.6 is 0 Å². The number of nitrogens with two attached hydrogens (primary N) is 1. The van der Waals surface area contributed by atoms with Gasteiger partial charge in [0.2, 0.25) is 11.9 Å². The highest BCUT2D eigenvalue weighted by atomic mass is 16.1. The molecule has 2 heterocycles. The summed E-state index contributed by atoms with van der Waals surface area (Å²) in [7, 11) is 0. The van der Waals surface area contributed by atoms with Gasteiger partial charge in [0, 0.05) is 29.7 Å². The molecule has 4 rings (SSSR count). The number of rotatable bonds is 7. The van der Waals surface area contributed by atoms with Crippen molar-refractivity contribution in [1.29, 1.82) is 0 Å². The number of carbonyl (C=O) groups excluding carboxylic acids is 1. The van der Waals surface area contributed by atoms with E-state index in [4.69, 9.17) is 5.73 Å². The standard InChI is InChI=1S/C18H22N6O/c19-6-1-7-20-17-14(11-2-3-11)10-21-18(24-17)22-13-4-5-15-12(8-13)9-16(25)23-15/h4-5,8,10-11H,1-3,6-7,9,19H2,(H,23,25)(H2,20,21,22,24). The van der Waals surface area contributed by atoms with Gasteiger partial charge in [0.05, 0.1) is 6.42 Å². The van der Waals surface area contributed by atoms with Crippen molar-refractivity contribution < 1.29 is 4.79 Å². The minimum Gasteiger partial charge on any atom is -0.370 e. The molecule has 1 aliphatic heterocycles. The first-order valence-corrected chi connectivity index (χ1v) is 8.73. The number of carbonyl (C=O) groups is 1. The molecule has 2 aromatic rings. The summed E-state index contributed by atoms with van der Waals surface area (Å²) in [5.41, 5.74) is 9.51. The van der Waals surface area contributed by atoms with Crippen LogP contribution in [-0.4, -0.2) is 29.0 Å². The number of nitrogens with zero attached hydrogens (tertiary/aromatic N) is 2. The van der Waals surface area contributed by atoms with Crippen LogP contribution in [0, 0.1) is 0 Å². The fourth-order valence-corrected chi connectivity index (χ4v) is 3.03. The van der Waals surface area contributed by atoms with Gasteiger partial charge in [-0.05, 0) is 55.5 Å². The van der Waals surface area contributed by atoms with Crippen LogP contribution in [0.25, 0.3) is 0 Å². The predicted molar refractivity (Wildman–Crippen MR) is 98.2 cm³/mol. The first-order chi connectivity index (χ1) is 12.2. The third-order valence-corrected chi connectivity index (χ3v) is 4.49. The first kappa shape index (κ1) is 15.8. The molecule has 0 spiro atoms. The number of anilines is 4. The van der Waals surface area contributed by atoms with Gasteiger partial charge in [-0.3, -0.25) is 4.79 Å². The van der Waals surface area contributed by atoms with E-state index < -0.39 is 0 Å². The molecule has 0 unspecified atom stereocenters. The Hall–Kier alpha value is -2.67. The van der Waals surface area contributed by atoms with Crippen molar-refractivity contribution in [1.82, 2.24) is 9.97 Å². The maximum atomic E-state index is 11.5. The zero-order valence-corrected chi connectivity index (χ0v) is 14.0. The van der Waals surface area contributed by atoms with E-state index in [9.17, 15) is 4.79 Å². The zero-order chi connectivity index (χ0) is 17.2. The number of hydrogen-bond acceptors (Lipinski definition) is 6. The maximum absolute atomic E-state index is 11.5. The lowest BCUT2D eigenvalue weighted by Crippen LogP contribution is -2.12. The van der Waals surface area contributed by atoms with Crippen molar-refractivity contribution >= 4 is 29.0 Å². The topological polar surface area (TPSA) is 105 Å². The van der Waals surface area contributed by atoms with Crippen molar-refractivity contribution in [2.24, 2.45) is 5.73 Å². The van der Waals surface area contributed by atoms with Crippen LogP contribution in [-0.2, 0) is 11.2 Å². The van der Waals surface area contributed by atoms with Gasteiger partial charge in [0.25, 0.3) is 0 Å². The largest absolute Gasteiger partial charge is 0.370 e. The minimum atomic E-state index is 0.0311. The Kier molecular flexibility index (Phi) is 4.23. The van der Waals surface area contributed by atoms with Gasteiger partial charge in [0.15, 0.2) is 0 Å². The molecule has 0 atom stereocenters. The molecule has 0 bridgehead atoms. The molecule has 0 radical (unpaired) electrons. The minimum absolute atomic E-state index is 0.0311. The Morgan fingerprint density at radius 1 is 1.32 bits per heavy atom. The van der Waals surface area contributed by atoms with Crippen molar-refractivity contribution in [3.8, 4) is 0 Å². The van der Waals surface area contributed by atoms with E-state index in [1.165, 1.54) is 18.4 Å². The molecule has 1 aromatic carbocycles. The summed E-state index contributed by atoms with van der Waals surface area (Å²) in [5.74, 6) is 2.05. The number of nitrogens with one attached hydrogen (secondary N) is 3. The van der Waals surface area contributed by atoms with Crippen LogP contribution in [0.2, 0.25) is 0 Å². The molecule has 1 aliphatic carbocycles. The molecule has 2 aliphatic rings. The molecule has 1 aromatic heterocycles. The molecule has 0 saturated heterocycles. The summed E-state index contributed by atoms with van der Waals surface area (Å²) in [6, 6.07) is 5.79. The number of fused-ring (bicyclic) bond motifs is 1. The molecule has 5 N–H and O–H groups in total. The SMILES string of the molecule is NCCCNc1nc(Nc2ccc3c(c2)CC(=O)N3)ncc1C1CC1. The number of aromatic nitrogens is 2. The second-order valence-corrected chi connectivity index (χ2v) is 6.56. The van der Waals surface area contributed by atoms with Gasteiger partial charge in [-0.25, -0.2) is 4.98 Å². The summed E-state index contributed by atoms with van der Waals surface area (Å²) < 4.78 is 0. The molecule has 1 fully saturated rings. The van der Waals surface area contributed by atoms with Gasteiger partial charge in [-0.15, -0.1) is 0 Å². The summed E-state index contributed by atoms with van der Waals surface area (Å²) in [5, 5.41) is 9.46. The molecular formula is C18H22N6O. The molecule has 25 heavy (non-hydrogen) atoms. The quantitative estimate of drug-likeness (QED) is 0.578. The second-order valence-electron chi connectivity index (χ2n) is 6.56. The van der Waals surface area contributed by atoms with Gasteiger partial charge >= 0.3 is 0 Å². The summed E-state index contributed by atoms with van der Waals surface area (Å²) in [6.07, 6.45) is 5.64. The zero-order valence-electron chi connectivity index (χ0n) is 14.0. The molecule has 7 nitrogen and oxygen atoms in total. The van der Waals surface area contributed by atoms with Crippen LogP contribution in [0.4, 0.5) is 23.1 Å². The van der Waals surface area contributed by atoms with E-state index in [1.54, 1.807) is 0 Å². The number of amides is 1. The number of benzene rings is 1. The van der Waals surface area contributed by atoms with E-state index in [1.807, 2.05) is 24.4 Å². The van der Waals surface area contributed by atoms with Crippen LogP contribution in [0.5, 0.6) is 0 Å². The van der Waals surface area contributed by atoms with Gasteiger partial charge in [0.1, 0.15) is 5.82 Å². The lowest BCUT2D eigenvalue weighted by Gasteiger charge is -2.13. The van der Waals surface area contributed by atoms with Crippen molar-refractivity contribution in [3.05, 3.63) is 35.5 Å². The van der Waals surface area contributed by atoms with Gasteiger partial charge < -0.3 is 21.7 Å². The van der Waals surface area contributed by atoms with E-state index in [0.717, 1.165) is 35.7 Å². The Bertz CT molecular complexity index is 802. The fourth-order valence-electron chi connectivity index (χ4n) is 3.03. The lowest BCUT2D eigenvalue weighted by molar-refractivity contribution is -0.115. The Balaban J connectivity index is 1.53.